The number of ether oxygens (including phenoxy) is 1. The van der Waals surface area contributed by atoms with Gasteiger partial charge in [-0.3, -0.25) is 9.59 Å². The minimum atomic E-state index is -0.488. The van der Waals surface area contributed by atoms with E-state index in [0.29, 0.717) is 35.7 Å². The van der Waals surface area contributed by atoms with E-state index in [-0.39, 0.29) is 17.9 Å². The van der Waals surface area contributed by atoms with Crippen LogP contribution in [0.25, 0.3) is 0 Å². The van der Waals surface area contributed by atoms with Crippen LogP contribution in [0.4, 0.5) is 5.69 Å². The Bertz CT molecular complexity index is 927. The molecule has 1 saturated carbocycles. The van der Waals surface area contributed by atoms with Crippen molar-refractivity contribution in [1.82, 2.24) is 4.90 Å². The van der Waals surface area contributed by atoms with Crippen molar-refractivity contribution in [3.63, 3.8) is 0 Å². The summed E-state index contributed by atoms with van der Waals surface area (Å²) in [6, 6.07) is 12.4. The average molecular weight is 394 g/mol. The van der Waals surface area contributed by atoms with Gasteiger partial charge in [-0.25, -0.2) is 0 Å². The highest BCUT2D eigenvalue weighted by Gasteiger charge is 2.38. The molecule has 2 aromatic rings. The first-order valence-electron chi connectivity index (χ1n) is 10.2. The molecule has 2 aliphatic rings. The van der Waals surface area contributed by atoms with E-state index in [1.54, 1.807) is 29.2 Å². The number of hydrogen-bond donors (Lipinski definition) is 2. The van der Waals surface area contributed by atoms with Crippen molar-refractivity contribution in [1.29, 1.82) is 0 Å². The normalized spacial score (nSPS) is 21.0. The monoisotopic (exact) mass is 394 g/mol. The van der Waals surface area contributed by atoms with Gasteiger partial charge >= 0.3 is 0 Å². The quantitative estimate of drug-likeness (QED) is 0.812. The molecule has 29 heavy (non-hydrogen) atoms. The smallest absolute Gasteiger partial charge is 0.259 e. The van der Waals surface area contributed by atoms with Gasteiger partial charge in [-0.05, 0) is 43.5 Å². The Morgan fingerprint density at radius 1 is 1.17 bits per heavy atom. The molecule has 0 radical (unpaired) electrons. The number of rotatable bonds is 5. The fourth-order valence-corrected chi connectivity index (χ4v) is 4.34. The summed E-state index contributed by atoms with van der Waals surface area (Å²) in [5.74, 6) is 0.0738. The molecule has 6 nitrogen and oxygen atoms in total. The highest BCUT2D eigenvalue weighted by molar-refractivity contribution is 6.11. The second-order valence-electron chi connectivity index (χ2n) is 7.58. The van der Waals surface area contributed by atoms with Crippen LogP contribution >= 0.6 is 0 Å². The van der Waals surface area contributed by atoms with E-state index in [1.165, 1.54) is 0 Å². The fourth-order valence-electron chi connectivity index (χ4n) is 4.34. The number of aliphatic hydroxyl groups is 1. The molecular weight excluding hydrogens is 368 g/mol. The van der Waals surface area contributed by atoms with Crippen molar-refractivity contribution in [2.75, 3.05) is 11.9 Å². The zero-order valence-corrected chi connectivity index (χ0v) is 16.6. The number of amides is 2. The molecule has 4 rings (SSSR count). The summed E-state index contributed by atoms with van der Waals surface area (Å²) in [5, 5.41) is 13.3. The van der Waals surface area contributed by atoms with E-state index in [2.05, 4.69) is 5.32 Å². The van der Waals surface area contributed by atoms with Crippen molar-refractivity contribution in [3.8, 4) is 5.75 Å². The first-order chi connectivity index (χ1) is 14.1. The fraction of sp³-hybridized carbons (Fsp3) is 0.391. The van der Waals surface area contributed by atoms with Gasteiger partial charge in [-0.15, -0.1) is 0 Å². The maximum absolute atomic E-state index is 13.2. The molecule has 1 aliphatic carbocycles. The molecule has 6 heteroatoms. The van der Waals surface area contributed by atoms with Gasteiger partial charge in [-0.2, -0.15) is 0 Å². The van der Waals surface area contributed by atoms with E-state index in [1.807, 2.05) is 25.1 Å². The SMILES string of the molecule is CCOc1ccccc1C(=O)Nc1cccc2c1C(=O)N(C1CCCCC1O)C2. The predicted molar refractivity (Wildman–Crippen MR) is 110 cm³/mol. The Balaban J connectivity index is 1.59. The zero-order chi connectivity index (χ0) is 20.4. The van der Waals surface area contributed by atoms with Gasteiger partial charge in [0, 0.05) is 6.54 Å². The van der Waals surface area contributed by atoms with Gasteiger partial charge in [0.2, 0.25) is 0 Å². The van der Waals surface area contributed by atoms with E-state index in [9.17, 15) is 14.7 Å². The maximum atomic E-state index is 13.2. The summed E-state index contributed by atoms with van der Waals surface area (Å²) in [4.78, 5) is 27.8. The van der Waals surface area contributed by atoms with Crippen LogP contribution in [-0.4, -0.2) is 40.6 Å². The zero-order valence-electron chi connectivity index (χ0n) is 16.6. The molecule has 1 aliphatic heterocycles. The Labute approximate surface area is 170 Å². The molecule has 0 bridgehead atoms. The highest BCUT2D eigenvalue weighted by atomic mass is 16.5. The number of aliphatic hydroxyl groups excluding tert-OH is 1. The highest BCUT2D eigenvalue weighted by Crippen LogP contribution is 2.35. The third kappa shape index (κ3) is 3.72. The predicted octanol–water partition coefficient (Wildman–Crippen LogP) is 3.60. The molecule has 2 N–H and O–H groups in total. The lowest BCUT2D eigenvalue weighted by Gasteiger charge is -2.35. The molecular formula is C23H26N2O4. The van der Waals surface area contributed by atoms with Crippen molar-refractivity contribution >= 4 is 17.5 Å². The van der Waals surface area contributed by atoms with Crippen molar-refractivity contribution in [3.05, 3.63) is 59.2 Å². The van der Waals surface area contributed by atoms with E-state index < -0.39 is 6.10 Å². The van der Waals surface area contributed by atoms with Crippen LogP contribution in [-0.2, 0) is 6.54 Å². The Morgan fingerprint density at radius 2 is 1.97 bits per heavy atom. The van der Waals surface area contributed by atoms with Gasteiger partial charge in [0.1, 0.15) is 5.75 Å². The van der Waals surface area contributed by atoms with Crippen LogP contribution in [0.15, 0.2) is 42.5 Å². The molecule has 1 fully saturated rings. The lowest BCUT2D eigenvalue weighted by atomic mass is 9.91. The van der Waals surface area contributed by atoms with Crippen LogP contribution in [0, 0.1) is 0 Å². The molecule has 0 spiro atoms. The van der Waals surface area contributed by atoms with Crippen molar-refractivity contribution < 1.29 is 19.4 Å². The van der Waals surface area contributed by atoms with Crippen molar-refractivity contribution in [2.24, 2.45) is 0 Å². The molecule has 2 atom stereocenters. The van der Waals surface area contributed by atoms with Gasteiger partial charge in [0.25, 0.3) is 11.8 Å². The third-order valence-electron chi connectivity index (χ3n) is 5.74. The first kappa shape index (κ1) is 19.5. The van der Waals surface area contributed by atoms with Crippen LogP contribution in [0.2, 0.25) is 0 Å². The minimum Gasteiger partial charge on any atom is -0.493 e. The summed E-state index contributed by atoms with van der Waals surface area (Å²) >= 11 is 0. The van der Waals surface area contributed by atoms with Gasteiger partial charge in [0.15, 0.2) is 0 Å². The summed E-state index contributed by atoms with van der Waals surface area (Å²) in [6.45, 7) is 2.79. The summed E-state index contributed by atoms with van der Waals surface area (Å²) in [6.07, 6.45) is 3.05. The number of hydrogen-bond acceptors (Lipinski definition) is 4. The molecule has 2 unspecified atom stereocenters. The van der Waals surface area contributed by atoms with Gasteiger partial charge < -0.3 is 20.1 Å². The standard InChI is InChI=1S/C23H26N2O4/c1-2-29-20-13-6-3-9-16(20)22(27)24-17-10-7-8-15-14-25(23(28)21(15)17)18-11-4-5-12-19(18)26/h3,6-10,13,18-19,26H,2,4-5,11-12,14H2,1H3,(H,24,27). The number of para-hydroxylation sites is 1. The number of benzene rings is 2. The molecule has 152 valence electrons. The summed E-state index contributed by atoms with van der Waals surface area (Å²) in [5.41, 5.74) is 2.32. The van der Waals surface area contributed by atoms with Gasteiger partial charge in [0.05, 0.1) is 35.6 Å². The molecule has 0 aromatic heterocycles. The largest absolute Gasteiger partial charge is 0.493 e. The second kappa shape index (κ2) is 8.25. The lowest BCUT2D eigenvalue weighted by Crippen LogP contribution is -2.45. The number of nitrogens with one attached hydrogen (secondary N) is 1. The van der Waals surface area contributed by atoms with Crippen molar-refractivity contribution in [2.45, 2.75) is 51.3 Å². The second-order valence-corrected chi connectivity index (χ2v) is 7.58. The average Bonchev–Trinajstić information content (AvgIpc) is 3.06. The van der Waals surface area contributed by atoms with E-state index in [0.717, 1.165) is 31.2 Å². The van der Waals surface area contributed by atoms with Gasteiger partial charge in [-0.1, -0.05) is 37.1 Å². The molecule has 2 amide bonds. The number of nitrogens with zero attached hydrogens (tertiary/aromatic N) is 1. The van der Waals surface area contributed by atoms with Crippen LogP contribution in [0.3, 0.4) is 0 Å². The Morgan fingerprint density at radius 3 is 2.76 bits per heavy atom. The molecule has 0 saturated heterocycles. The Kier molecular flexibility index (Phi) is 5.53. The first-order valence-corrected chi connectivity index (χ1v) is 10.2. The Hall–Kier alpha value is -2.86. The number of carbonyl (C=O) groups excluding carboxylic acids is 2. The number of anilines is 1. The van der Waals surface area contributed by atoms with Crippen LogP contribution in [0.1, 0.15) is 58.9 Å². The molecule has 1 heterocycles. The van der Waals surface area contributed by atoms with E-state index in [4.69, 9.17) is 4.74 Å². The minimum absolute atomic E-state index is 0.125. The number of carbonyl (C=O) groups is 2. The maximum Gasteiger partial charge on any atom is 0.259 e. The van der Waals surface area contributed by atoms with E-state index >= 15 is 0 Å². The third-order valence-corrected chi connectivity index (χ3v) is 5.74. The lowest BCUT2D eigenvalue weighted by molar-refractivity contribution is 0.0191. The van der Waals surface area contributed by atoms with Crippen LogP contribution in [0.5, 0.6) is 5.75 Å². The number of fused-ring (bicyclic) bond motifs is 1. The molecule has 2 aromatic carbocycles. The van der Waals surface area contributed by atoms with Crippen LogP contribution < -0.4 is 10.1 Å². The summed E-state index contributed by atoms with van der Waals surface area (Å²) in [7, 11) is 0. The summed E-state index contributed by atoms with van der Waals surface area (Å²) < 4.78 is 5.55. The topological polar surface area (TPSA) is 78.9 Å².